The number of carbonyl (C=O) groups is 2. The number of amides is 2. The number of allylic oxidation sites excluding steroid dienone is 4. The summed E-state index contributed by atoms with van der Waals surface area (Å²) < 4.78 is 2.15. The number of fused-ring (bicyclic) bond motifs is 2. The van der Waals surface area contributed by atoms with Crippen molar-refractivity contribution in [3.05, 3.63) is 71.2 Å². The SMILES string of the molecule is C=C(/C=C\C=C(/C)c1nnc2n1CCC2)NC(=O)c1cc2c(cn1)CCN(C(=O)CCC)C2.CCCC. The minimum atomic E-state index is -0.319. The highest BCUT2D eigenvalue weighted by Gasteiger charge is 2.22. The van der Waals surface area contributed by atoms with Gasteiger partial charge in [-0.1, -0.05) is 52.3 Å². The molecular formula is C29H40N6O2. The van der Waals surface area contributed by atoms with Crippen molar-refractivity contribution in [2.24, 2.45) is 0 Å². The lowest BCUT2D eigenvalue weighted by Crippen LogP contribution is -2.36. The quantitative estimate of drug-likeness (QED) is 0.510. The van der Waals surface area contributed by atoms with Crippen LogP contribution in [0.25, 0.3) is 5.57 Å². The summed E-state index contributed by atoms with van der Waals surface area (Å²) in [5, 5.41) is 11.3. The van der Waals surface area contributed by atoms with E-state index in [1.54, 1.807) is 18.3 Å². The molecule has 0 spiro atoms. The zero-order valence-corrected chi connectivity index (χ0v) is 22.7. The Morgan fingerprint density at radius 3 is 2.59 bits per heavy atom. The van der Waals surface area contributed by atoms with Gasteiger partial charge in [0.2, 0.25) is 5.91 Å². The molecule has 2 aliphatic heterocycles. The number of carbonyl (C=O) groups excluding carboxylic acids is 2. The van der Waals surface area contributed by atoms with Crippen molar-refractivity contribution >= 4 is 17.4 Å². The fraction of sp³-hybridized carbons (Fsp3) is 0.483. The van der Waals surface area contributed by atoms with E-state index < -0.39 is 0 Å². The third-order valence-corrected chi connectivity index (χ3v) is 6.52. The standard InChI is InChI=1S/C25H30N6O2.C4H10/c1-4-7-23(32)30-13-11-19-15-26-21(14-20(19)16-30)25(33)27-18(3)9-5-8-17(2)24-29-28-22-10-6-12-31(22)24;1-3-4-2/h5,8-9,14-15H,3-4,6-7,10-13,16H2,1-2H3,(H,27,33);3-4H2,1-2H3/b9-5-,17-8+;. The van der Waals surface area contributed by atoms with Gasteiger partial charge in [-0.15, -0.1) is 10.2 Å². The Balaban J connectivity index is 0.000000886. The van der Waals surface area contributed by atoms with Gasteiger partial charge in [0.05, 0.1) is 0 Å². The maximum absolute atomic E-state index is 12.7. The van der Waals surface area contributed by atoms with Crippen LogP contribution in [-0.4, -0.2) is 43.0 Å². The first-order chi connectivity index (χ1) is 17.9. The lowest BCUT2D eigenvalue weighted by molar-refractivity contribution is -0.132. The van der Waals surface area contributed by atoms with Crippen molar-refractivity contribution in [2.45, 2.75) is 85.7 Å². The van der Waals surface area contributed by atoms with Gasteiger partial charge < -0.3 is 14.8 Å². The Kier molecular flexibility index (Phi) is 10.4. The normalized spacial score (nSPS) is 14.6. The third-order valence-electron chi connectivity index (χ3n) is 6.52. The van der Waals surface area contributed by atoms with Crippen molar-refractivity contribution in [1.29, 1.82) is 0 Å². The molecule has 0 aromatic carbocycles. The second kappa shape index (κ2) is 13.7. The molecule has 8 heteroatoms. The van der Waals surface area contributed by atoms with E-state index in [-0.39, 0.29) is 11.8 Å². The molecule has 2 aliphatic rings. The summed E-state index contributed by atoms with van der Waals surface area (Å²) >= 11 is 0. The van der Waals surface area contributed by atoms with Crippen molar-refractivity contribution in [3.8, 4) is 0 Å². The van der Waals surface area contributed by atoms with E-state index in [1.165, 1.54) is 12.8 Å². The zero-order valence-electron chi connectivity index (χ0n) is 22.7. The molecule has 198 valence electrons. The number of nitrogens with one attached hydrogen (secondary N) is 1. The largest absolute Gasteiger partial charge is 0.338 e. The van der Waals surface area contributed by atoms with Crippen LogP contribution in [0.2, 0.25) is 0 Å². The predicted octanol–water partition coefficient (Wildman–Crippen LogP) is 5.01. The molecule has 0 bridgehead atoms. The highest BCUT2D eigenvalue weighted by Crippen LogP contribution is 2.21. The second-order valence-electron chi connectivity index (χ2n) is 9.54. The van der Waals surface area contributed by atoms with Crippen LogP contribution >= 0.6 is 0 Å². The van der Waals surface area contributed by atoms with Crippen molar-refractivity contribution in [2.75, 3.05) is 6.54 Å². The monoisotopic (exact) mass is 504 g/mol. The third kappa shape index (κ3) is 7.47. The summed E-state index contributed by atoms with van der Waals surface area (Å²) in [6.07, 6.45) is 14.1. The number of aromatic nitrogens is 4. The fourth-order valence-corrected chi connectivity index (χ4v) is 4.22. The van der Waals surface area contributed by atoms with Gasteiger partial charge in [0.25, 0.3) is 5.91 Å². The molecular weight excluding hydrogens is 464 g/mol. The summed E-state index contributed by atoms with van der Waals surface area (Å²) in [6, 6.07) is 1.78. The van der Waals surface area contributed by atoms with Crippen LogP contribution in [0.1, 0.15) is 93.1 Å². The number of pyridine rings is 1. The van der Waals surface area contributed by atoms with Crippen LogP contribution in [0.4, 0.5) is 0 Å². The van der Waals surface area contributed by atoms with Gasteiger partial charge in [-0.25, -0.2) is 0 Å². The highest BCUT2D eigenvalue weighted by atomic mass is 16.2. The van der Waals surface area contributed by atoms with E-state index in [4.69, 9.17) is 0 Å². The van der Waals surface area contributed by atoms with E-state index in [0.717, 1.165) is 60.6 Å². The van der Waals surface area contributed by atoms with Gasteiger partial charge in [0, 0.05) is 44.4 Å². The Hall–Kier alpha value is -3.55. The molecule has 0 atom stereocenters. The number of rotatable bonds is 8. The first kappa shape index (κ1) is 28.0. The molecule has 4 rings (SSSR count). The molecule has 4 heterocycles. The number of unbranched alkanes of at least 4 members (excludes halogenated alkanes) is 1. The maximum Gasteiger partial charge on any atom is 0.274 e. The molecule has 1 N–H and O–H groups in total. The number of hydrogen-bond acceptors (Lipinski definition) is 5. The number of aryl methyl sites for hydroxylation is 1. The van der Waals surface area contributed by atoms with Gasteiger partial charge in [-0.2, -0.15) is 0 Å². The van der Waals surface area contributed by atoms with Gasteiger partial charge in [0.15, 0.2) is 5.82 Å². The van der Waals surface area contributed by atoms with E-state index in [9.17, 15) is 9.59 Å². The van der Waals surface area contributed by atoms with Crippen LogP contribution in [0.15, 0.2) is 42.8 Å². The predicted molar refractivity (Wildman–Crippen MR) is 147 cm³/mol. The molecule has 37 heavy (non-hydrogen) atoms. The van der Waals surface area contributed by atoms with Crippen LogP contribution in [0.5, 0.6) is 0 Å². The summed E-state index contributed by atoms with van der Waals surface area (Å²) in [5.74, 6) is 1.75. The lowest BCUT2D eigenvalue weighted by atomic mass is 10.0. The average Bonchev–Trinajstić information content (AvgIpc) is 3.52. The molecule has 0 saturated carbocycles. The molecule has 2 aromatic heterocycles. The van der Waals surface area contributed by atoms with E-state index in [2.05, 4.69) is 45.5 Å². The van der Waals surface area contributed by atoms with Crippen molar-refractivity contribution in [1.82, 2.24) is 30.0 Å². The van der Waals surface area contributed by atoms with Gasteiger partial charge >= 0.3 is 0 Å². The smallest absolute Gasteiger partial charge is 0.274 e. The molecule has 0 radical (unpaired) electrons. The average molecular weight is 505 g/mol. The van der Waals surface area contributed by atoms with E-state index in [0.29, 0.717) is 30.9 Å². The summed E-state index contributed by atoms with van der Waals surface area (Å²) in [4.78, 5) is 31.1. The Labute approximate surface area is 220 Å². The summed E-state index contributed by atoms with van der Waals surface area (Å²) in [7, 11) is 0. The summed E-state index contributed by atoms with van der Waals surface area (Å²) in [6.45, 7) is 14.4. The molecule has 0 fully saturated rings. The first-order valence-corrected chi connectivity index (χ1v) is 13.4. The number of nitrogens with zero attached hydrogens (tertiary/aromatic N) is 5. The van der Waals surface area contributed by atoms with Crippen LogP contribution in [0.3, 0.4) is 0 Å². The highest BCUT2D eigenvalue weighted by molar-refractivity contribution is 5.94. The fourth-order valence-electron chi connectivity index (χ4n) is 4.22. The summed E-state index contributed by atoms with van der Waals surface area (Å²) in [5.41, 5.74) is 3.86. The molecule has 2 aromatic rings. The first-order valence-electron chi connectivity index (χ1n) is 13.4. The van der Waals surface area contributed by atoms with Gasteiger partial charge in [-0.3, -0.25) is 14.6 Å². The topological polar surface area (TPSA) is 93.0 Å². The van der Waals surface area contributed by atoms with E-state index >= 15 is 0 Å². The van der Waals surface area contributed by atoms with E-state index in [1.807, 2.05) is 30.9 Å². The molecule has 0 unspecified atom stereocenters. The molecule has 2 amide bonds. The Morgan fingerprint density at radius 1 is 1.08 bits per heavy atom. The van der Waals surface area contributed by atoms with Crippen LogP contribution in [-0.2, 0) is 30.7 Å². The zero-order chi connectivity index (χ0) is 26.8. The van der Waals surface area contributed by atoms with Gasteiger partial charge in [0.1, 0.15) is 11.5 Å². The molecule has 0 saturated heterocycles. The Bertz CT molecular complexity index is 1180. The number of hydrogen-bond donors (Lipinski definition) is 1. The molecule has 0 aliphatic carbocycles. The van der Waals surface area contributed by atoms with Crippen LogP contribution in [0, 0.1) is 0 Å². The van der Waals surface area contributed by atoms with Gasteiger partial charge in [-0.05, 0) is 55.0 Å². The van der Waals surface area contributed by atoms with Crippen LogP contribution < -0.4 is 5.32 Å². The lowest BCUT2D eigenvalue weighted by Gasteiger charge is -2.29. The molecule has 8 nitrogen and oxygen atoms in total. The second-order valence-corrected chi connectivity index (χ2v) is 9.54. The van der Waals surface area contributed by atoms with Crippen molar-refractivity contribution < 1.29 is 9.59 Å². The minimum Gasteiger partial charge on any atom is -0.338 e. The minimum absolute atomic E-state index is 0.156. The maximum atomic E-state index is 12.7. The Morgan fingerprint density at radius 2 is 1.86 bits per heavy atom. The van der Waals surface area contributed by atoms with Crippen molar-refractivity contribution in [3.63, 3.8) is 0 Å².